The number of likely N-dealkylation sites (tertiary alicyclic amines) is 1. The quantitative estimate of drug-likeness (QED) is 0.564. The Labute approximate surface area is 198 Å². The molecule has 1 aromatic rings. The number of benzene rings is 1. The summed E-state index contributed by atoms with van der Waals surface area (Å²) >= 11 is 0. The molecule has 0 radical (unpaired) electrons. The van der Waals surface area contributed by atoms with Crippen molar-refractivity contribution in [3.8, 4) is 6.07 Å². The molecular weight excluding hydrogens is 438 g/mol. The zero-order valence-corrected chi connectivity index (χ0v) is 19.5. The number of alkyl carbamates (subject to hydrolysis) is 1. The number of rotatable bonds is 2. The first-order chi connectivity index (χ1) is 16.0. The van der Waals surface area contributed by atoms with Gasteiger partial charge in [0.15, 0.2) is 0 Å². The molecule has 2 aliphatic heterocycles. The summed E-state index contributed by atoms with van der Waals surface area (Å²) in [5.41, 5.74) is -0.243. The molecule has 1 saturated heterocycles. The van der Waals surface area contributed by atoms with Crippen LogP contribution >= 0.6 is 0 Å². The van der Waals surface area contributed by atoms with E-state index in [0.717, 1.165) is 5.56 Å². The minimum Gasteiger partial charge on any atom is -0.444 e. The van der Waals surface area contributed by atoms with Gasteiger partial charge in [-0.25, -0.2) is 4.79 Å². The normalized spacial score (nSPS) is 27.6. The highest BCUT2D eigenvalue weighted by molar-refractivity contribution is 6.35. The van der Waals surface area contributed by atoms with E-state index < -0.39 is 35.0 Å². The number of fused-ring (bicyclic) bond motifs is 2. The summed E-state index contributed by atoms with van der Waals surface area (Å²) in [6, 6.07) is 7.93. The smallest absolute Gasteiger partial charge is 0.407 e. The Morgan fingerprint density at radius 1 is 1.18 bits per heavy atom. The van der Waals surface area contributed by atoms with E-state index in [4.69, 9.17) is 4.74 Å². The van der Waals surface area contributed by atoms with Crippen LogP contribution in [0.2, 0.25) is 0 Å². The molecule has 0 aromatic heterocycles. The van der Waals surface area contributed by atoms with Gasteiger partial charge in [-0.1, -0.05) is 18.2 Å². The van der Waals surface area contributed by atoms with Crippen LogP contribution < -0.4 is 16.0 Å². The Morgan fingerprint density at radius 3 is 2.53 bits per heavy atom. The van der Waals surface area contributed by atoms with Gasteiger partial charge in [0.2, 0.25) is 5.91 Å². The monoisotopic (exact) mass is 467 g/mol. The Morgan fingerprint density at radius 2 is 1.85 bits per heavy atom. The zero-order valence-electron chi connectivity index (χ0n) is 19.5. The van der Waals surface area contributed by atoms with Crippen LogP contribution in [0.1, 0.15) is 52.0 Å². The lowest BCUT2D eigenvalue weighted by molar-refractivity contribution is -0.146. The summed E-state index contributed by atoms with van der Waals surface area (Å²) in [5, 5.41) is 18.0. The van der Waals surface area contributed by atoms with Crippen molar-refractivity contribution in [2.24, 2.45) is 0 Å². The second kappa shape index (κ2) is 8.63. The standard InChI is InChI=1S/C24H29N5O5/c1-23(2,3)34-22(33)27-15-9-8-14(10-15)26-19(30)20(31)29-13-24(11-16(29)12-25)17-6-4-5-7-18(17)28-21(24)32/h4-7,14-16H,8-11,13H2,1-3H3,(H,26,30)(H,27,33)(H,28,32)/t14-,15+,16-,24-/m0/s1. The molecule has 180 valence electrons. The van der Waals surface area contributed by atoms with Gasteiger partial charge in [-0.2, -0.15) is 5.26 Å². The Balaban J connectivity index is 1.38. The molecule has 1 aromatic carbocycles. The molecule has 1 saturated carbocycles. The fourth-order valence-corrected chi connectivity index (χ4v) is 5.06. The van der Waals surface area contributed by atoms with Crippen molar-refractivity contribution in [2.45, 2.75) is 75.6 Å². The average molecular weight is 468 g/mol. The van der Waals surface area contributed by atoms with Gasteiger partial charge in [-0.15, -0.1) is 0 Å². The summed E-state index contributed by atoms with van der Waals surface area (Å²) in [6.07, 6.45) is 1.33. The number of nitrogens with zero attached hydrogens (tertiary/aromatic N) is 2. The number of amides is 4. The number of nitrogens with one attached hydrogen (secondary N) is 3. The third-order valence-corrected chi connectivity index (χ3v) is 6.58. The summed E-state index contributed by atoms with van der Waals surface area (Å²) in [6.45, 7) is 5.30. The predicted molar refractivity (Wildman–Crippen MR) is 121 cm³/mol. The number of anilines is 1. The first-order valence-electron chi connectivity index (χ1n) is 11.4. The van der Waals surface area contributed by atoms with Crippen molar-refractivity contribution in [3.63, 3.8) is 0 Å². The average Bonchev–Trinajstić information content (AvgIpc) is 3.43. The Hall–Kier alpha value is -3.61. The second-order valence-corrected chi connectivity index (χ2v) is 10.2. The van der Waals surface area contributed by atoms with E-state index in [-0.39, 0.29) is 31.0 Å². The Kier molecular flexibility index (Phi) is 5.98. The van der Waals surface area contributed by atoms with Crippen LogP contribution in [0.3, 0.4) is 0 Å². The van der Waals surface area contributed by atoms with Gasteiger partial charge in [0.1, 0.15) is 11.6 Å². The molecule has 4 rings (SSSR count). The molecule has 3 aliphatic rings. The molecule has 1 spiro atoms. The maximum absolute atomic E-state index is 13.0. The number of para-hydroxylation sites is 1. The lowest BCUT2D eigenvalue weighted by atomic mass is 9.80. The molecule has 10 nitrogen and oxygen atoms in total. The van der Waals surface area contributed by atoms with Crippen LogP contribution in [0, 0.1) is 11.3 Å². The topological polar surface area (TPSA) is 141 Å². The maximum Gasteiger partial charge on any atom is 0.407 e. The van der Waals surface area contributed by atoms with Crippen LogP contribution in [0.4, 0.5) is 10.5 Å². The van der Waals surface area contributed by atoms with Crippen molar-refractivity contribution in [1.82, 2.24) is 15.5 Å². The number of ether oxygens (including phenoxy) is 1. The SMILES string of the molecule is CC(C)(C)OC(=O)N[C@@H]1CC[C@H](NC(=O)C(=O)N2C[C@]3(C[C@H]2C#N)C(=O)Nc2ccccc23)C1. The first kappa shape index (κ1) is 23.5. The van der Waals surface area contributed by atoms with Crippen molar-refractivity contribution >= 4 is 29.5 Å². The lowest BCUT2D eigenvalue weighted by Gasteiger charge is -2.23. The van der Waals surface area contributed by atoms with Crippen molar-refractivity contribution in [1.29, 1.82) is 5.26 Å². The zero-order chi connectivity index (χ0) is 24.7. The highest BCUT2D eigenvalue weighted by Crippen LogP contribution is 2.46. The molecule has 4 amide bonds. The summed E-state index contributed by atoms with van der Waals surface area (Å²) in [4.78, 5) is 51.8. The van der Waals surface area contributed by atoms with Crippen LogP contribution in [0.15, 0.2) is 24.3 Å². The largest absolute Gasteiger partial charge is 0.444 e. The summed E-state index contributed by atoms with van der Waals surface area (Å²) < 4.78 is 5.26. The van der Waals surface area contributed by atoms with Crippen LogP contribution in [-0.2, 0) is 24.5 Å². The van der Waals surface area contributed by atoms with Gasteiger partial charge in [0.25, 0.3) is 0 Å². The van der Waals surface area contributed by atoms with E-state index in [0.29, 0.717) is 24.9 Å². The van der Waals surface area contributed by atoms with Gasteiger partial charge in [-0.3, -0.25) is 14.4 Å². The molecule has 2 fully saturated rings. The van der Waals surface area contributed by atoms with E-state index >= 15 is 0 Å². The van der Waals surface area contributed by atoms with Gasteiger partial charge < -0.3 is 25.6 Å². The highest BCUT2D eigenvalue weighted by Gasteiger charge is 2.56. The van der Waals surface area contributed by atoms with E-state index in [2.05, 4.69) is 22.0 Å². The Bertz CT molecular complexity index is 1070. The van der Waals surface area contributed by atoms with Crippen LogP contribution in [0.25, 0.3) is 0 Å². The number of hydrogen-bond donors (Lipinski definition) is 3. The minimum absolute atomic E-state index is 0.0339. The molecular formula is C24H29N5O5. The van der Waals surface area contributed by atoms with Crippen molar-refractivity contribution in [2.75, 3.05) is 11.9 Å². The van der Waals surface area contributed by atoms with E-state index in [1.54, 1.807) is 39.0 Å². The van der Waals surface area contributed by atoms with E-state index in [9.17, 15) is 24.4 Å². The van der Waals surface area contributed by atoms with Gasteiger partial charge in [-0.05, 0) is 51.7 Å². The first-order valence-corrected chi connectivity index (χ1v) is 11.4. The third-order valence-electron chi connectivity index (χ3n) is 6.58. The van der Waals surface area contributed by atoms with Gasteiger partial charge in [0.05, 0.1) is 11.5 Å². The van der Waals surface area contributed by atoms with Gasteiger partial charge >= 0.3 is 17.9 Å². The number of nitriles is 1. The van der Waals surface area contributed by atoms with Gasteiger partial charge in [0, 0.05) is 30.7 Å². The number of hydrogen-bond acceptors (Lipinski definition) is 6. The molecule has 0 bridgehead atoms. The van der Waals surface area contributed by atoms with Crippen molar-refractivity contribution in [3.05, 3.63) is 29.8 Å². The minimum atomic E-state index is -1.04. The van der Waals surface area contributed by atoms with Crippen LogP contribution in [0.5, 0.6) is 0 Å². The molecule has 4 atom stereocenters. The molecule has 10 heteroatoms. The molecule has 0 unspecified atom stereocenters. The molecule has 1 aliphatic carbocycles. The number of carbonyl (C=O) groups excluding carboxylic acids is 4. The highest BCUT2D eigenvalue weighted by atomic mass is 16.6. The van der Waals surface area contributed by atoms with E-state index in [1.165, 1.54) is 4.90 Å². The molecule has 3 N–H and O–H groups in total. The number of carbonyl (C=O) groups is 4. The third kappa shape index (κ3) is 4.42. The summed E-state index contributed by atoms with van der Waals surface area (Å²) in [5.74, 6) is -1.91. The second-order valence-electron chi connectivity index (χ2n) is 10.2. The fraction of sp³-hybridized carbons (Fsp3) is 0.542. The predicted octanol–water partition coefficient (Wildman–Crippen LogP) is 1.56. The van der Waals surface area contributed by atoms with Crippen molar-refractivity contribution < 1.29 is 23.9 Å². The molecule has 2 heterocycles. The fourth-order valence-electron chi connectivity index (χ4n) is 5.06. The van der Waals surface area contributed by atoms with Crippen LogP contribution in [-0.4, -0.2) is 59.0 Å². The lowest BCUT2D eigenvalue weighted by Crippen LogP contribution is -2.49. The molecule has 34 heavy (non-hydrogen) atoms. The summed E-state index contributed by atoms with van der Waals surface area (Å²) in [7, 11) is 0. The maximum atomic E-state index is 13.0. The van der Waals surface area contributed by atoms with E-state index in [1.807, 2.05) is 6.07 Å².